The summed E-state index contributed by atoms with van der Waals surface area (Å²) in [7, 11) is 1.85. The Balaban J connectivity index is 2.33. The molecule has 92 valence electrons. The van der Waals surface area contributed by atoms with Crippen molar-refractivity contribution in [2.24, 2.45) is 0 Å². The first-order valence-electron chi connectivity index (χ1n) is 5.36. The molecule has 0 saturated heterocycles. The molecule has 0 amide bonds. The van der Waals surface area contributed by atoms with E-state index >= 15 is 0 Å². The Morgan fingerprint density at radius 2 is 1.72 bits per heavy atom. The summed E-state index contributed by atoms with van der Waals surface area (Å²) in [6, 6.07) is 11.3. The largest absolute Gasteiger partial charge is 0.345 e. The molecule has 0 heterocycles. The number of hydrogen-bond acceptors (Lipinski definition) is 2. The topological polar surface area (TPSA) is 20.3 Å². The number of rotatable bonds is 3. The normalized spacial score (nSPS) is 10.2. The van der Waals surface area contributed by atoms with E-state index in [0.717, 1.165) is 11.4 Å². The molecule has 0 aliphatic carbocycles. The van der Waals surface area contributed by atoms with Gasteiger partial charge in [-0.3, -0.25) is 4.79 Å². The lowest BCUT2D eigenvalue weighted by atomic mass is 10.2. The van der Waals surface area contributed by atoms with Crippen LogP contribution < -0.4 is 4.90 Å². The molecule has 0 fully saturated rings. The van der Waals surface area contributed by atoms with E-state index in [4.69, 9.17) is 11.6 Å². The van der Waals surface area contributed by atoms with Crippen molar-refractivity contribution < 1.29 is 9.18 Å². The molecule has 0 saturated carbocycles. The molecular weight excluding hydrogens is 253 g/mol. The Morgan fingerprint density at radius 1 is 1.11 bits per heavy atom. The number of halogens is 2. The zero-order valence-electron chi connectivity index (χ0n) is 9.73. The van der Waals surface area contributed by atoms with Gasteiger partial charge in [-0.2, -0.15) is 0 Å². The van der Waals surface area contributed by atoms with E-state index in [1.54, 1.807) is 30.3 Å². The molecule has 0 N–H and O–H groups in total. The van der Waals surface area contributed by atoms with Gasteiger partial charge in [0, 0.05) is 24.0 Å². The highest BCUT2D eigenvalue weighted by atomic mass is 35.5. The van der Waals surface area contributed by atoms with Crippen LogP contribution in [0.2, 0.25) is 5.02 Å². The molecule has 0 atom stereocenters. The molecular formula is C14H11ClFNO. The maximum absolute atomic E-state index is 12.8. The molecule has 0 aromatic heterocycles. The fourth-order valence-electron chi connectivity index (χ4n) is 1.63. The summed E-state index contributed by atoms with van der Waals surface area (Å²) < 4.78 is 12.8. The monoisotopic (exact) mass is 263 g/mol. The molecule has 2 rings (SSSR count). The fraction of sp³-hybridized carbons (Fsp3) is 0.0714. The van der Waals surface area contributed by atoms with E-state index in [-0.39, 0.29) is 5.82 Å². The van der Waals surface area contributed by atoms with Crippen LogP contribution in [0.25, 0.3) is 0 Å². The minimum atomic E-state index is -0.276. The van der Waals surface area contributed by atoms with Crippen molar-refractivity contribution in [2.45, 2.75) is 0 Å². The van der Waals surface area contributed by atoms with Gasteiger partial charge in [-0.1, -0.05) is 11.6 Å². The molecule has 2 nitrogen and oxygen atoms in total. The highest BCUT2D eigenvalue weighted by Gasteiger charge is 2.07. The number of hydrogen-bond donors (Lipinski definition) is 0. The van der Waals surface area contributed by atoms with Crippen molar-refractivity contribution in [1.29, 1.82) is 0 Å². The average Bonchev–Trinajstić information content (AvgIpc) is 2.38. The lowest BCUT2D eigenvalue weighted by Crippen LogP contribution is -2.09. The Kier molecular flexibility index (Phi) is 3.63. The minimum Gasteiger partial charge on any atom is -0.345 e. The van der Waals surface area contributed by atoms with Crippen molar-refractivity contribution in [3.63, 3.8) is 0 Å². The van der Waals surface area contributed by atoms with Crippen molar-refractivity contribution >= 4 is 29.3 Å². The van der Waals surface area contributed by atoms with Gasteiger partial charge < -0.3 is 4.90 Å². The van der Waals surface area contributed by atoms with E-state index < -0.39 is 0 Å². The van der Waals surface area contributed by atoms with Gasteiger partial charge in [0.1, 0.15) is 5.82 Å². The van der Waals surface area contributed by atoms with Gasteiger partial charge >= 0.3 is 0 Å². The summed E-state index contributed by atoms with van der Waals surface area (Å²) in [6.45, 7) is 0. The first-order chi connectivity index (χ1) is 8.61. The second kappa shape index (κ2) is 5.19. The highest BCUT2D eigenvalue weighted by Crippen LogP contribution is 2.27. The summed E-state index contributed by atoms with van der Waals surface area (Å²) in [5.74, 6) is -0.276. The number of nitrogens with zero attached hydrogens (tertiary/aromatic N) is 1. The third kappa shape index (κ3) is 2.51. The van der Waals surface area contributed by atoms with Crippen molar-refractivity contribution in [3.05, 3.63) is 58.9 Å². The Labute approximate surface area is 110 Å². The second-order valence-electron chi connectivity index (χ2n) is 3.86. The third-order valence-electron chi connectivity index (χ3n) is 2.71. The maximum atomic E-state index is 12.8. The first-order valence-corrected chi connectivity index (χ1v) is 5.73. The van der Waals surface area contributed by atoms with E-state index in [9.17, 15) is 9.18 Å². The minimum absolute atomic E-state index is 0.276. The predicted molar refractivity (Wildman–Crippen MR) is 71.3 cm³/mol. The number of benzene rings is 2. The van der Waals surface area contributed by atoms with Crippen molar-refractivity contribution in [2.75, 3.05) is 11.9 Å². The molecule has 0 aliphatic heterocycles. The van der Waals surface area contributed by atoms with Crippen LogP contribution in [0.1, 0.15) is 10.4 Å². The van der Waals surface area contributed by atoms with Gasteiger partial charge in [0.25, 0.3) is 0 Å². The average molecular weight is 264 g/mol. The van der Waals surface area contributed by atoms with Gasteiger partial charge in [-0.15, -0.1) is 0 Å². The zero-order valence-corrected chi connectivity index (χ0v) is 10.5. The van der Waals surface area contributed by atoms with Crippen LogP contribution in [-0.2, 0) is 0 Å². The smallest absolute Gasteiger partial charge is 0.151 e. The maximum Gasteiger partial charge on any atom is 0.151 e. The van der Waals surface area contributed by atoms with Gasteiger partial charge in [0.2, 0.25) is 0 Å². The van der Waals surface area contributed by atoms with Gasteiger partial charge in [0.15, 0.2) is 6.29 Å². The Bertz CT molecular complexity index is 569. The fourth-order valence-corrected chi connectivity index (χ4v) is 1.85. The standard InChI is InChI=1S/C14H11ClFNO/c1-17(12-6-3-11(16)4-7-12)13-5-2-10(9-18)14(15)8-13/h2-9H,1H3. The van der Waals surface area contributed by atoms with Crippen LogP contribution >= 0.6 is 11.6 Å². The molecule has 2 aromatic rings. The molecule has 0 unspecified atom stereocenters. The highest BCUT2D eigenvalue weighted by molar-refractivity contribution is 6.33. The summed E-state index contributed by atoms with van der Waals surface area (Å²) in [4.78, 5) is 12.5. The first kappa shape index (κ1) is 12.6. The molecule has 18 heavy (non-hydrogen) atoms. The number of anilines is 2. The van der Waals surface area contributed by atoms with Crippen LogP contribution in [0.3, 0.4) is 0 Å². The van der Waals surface area contributed by atoms with Gasteiger partial charge in [0.05, 0.1) is 5.02 Å². The Morgan fingerprint density at radius 3 is 2.28 bits per heavy atom. The lowest BCUT2D eigenvalue weighted by molar-refractivity contribution is 0.112. The number of aldehydes is 1. The van der Waals surface area contributed by atoms with Crippen LogP contribution in [0, 0.1) is 5.82 Å². The van der Waals surface area contributed by atoms with Crippen LogP contribution in [0.5, 0.6) is 0 Å². The molecule has 2 aromatic carbocycles. The number of carbonyl (C=O) groups excluding carboxylic acids is 1. The molecule has 0 radical (unpaired) electrons. The molecule has 0 aliphatic rings. The SMILES string of the molecule is CN(c1ccc(F)cc1)c1ccc(C=O)c(Cl)c1. The van der Waals surface area contributed by atoms with Crippen molar-refractivity contribution in [3.8, 4) is 0 Å². The molecule has 4 heteroatoms. The van der Waals surface area contributed by atoms with Crippen LogP contribution in [0.4, 0.5) is 15.8 Å². The summed E-state index contributed by atoms with van der Waals surface area (Å²) in [5.41, 5.74) is 2.12. The summed E-state index contributed by atoms with van der Waals surface area (Å²) >= 11 is 5.97. The van der Waals surface area contributed by atoms with Crippen molar-refractivity contribution in [1.82, 2.24) is 0 Å². The molecule has 0 spiro atoms. The van der Waals surface area contributed by atoms with Crippen LogP contribution in [-0.4, -0.2) is 13.3 Å². The van der Waals surface area contributed by atoms with Crippen LogP contribution in [0.15, 0.2) is 42.5 Å². The van der Waals surface area contributed by atoms with Gasteiger partial charge in [-0.25, -0.2) is 4.39 Å². The zero-order chi connectivity index (χ0) is 13.1. The number of carbonyl (C=O) groups is 1. The Hall–Kier alpha value is -1.87. The summed E-state index contributed by atoms with van der Waals surface area (Å²) in [6.07, 6.45) is 0.712. The van der Waals surface area contributed by atoms with Gasteiger partial charge in [-0.05, 0) is 42.5 Å². The predicted octanol–water partition coefficient (Wildman–Crippen LogP) is 4.06. The second-order valence-corrected chi connectivity index (χ2v) is 4.27. The lowest BCUT2D eigenvalue weighted by Gasteiger charge is -2.20. The molecule has 0 bridgehead atoms. The quantitative estimate of drug-likeness (QED) is 0.779. The summed E-state index contributed by atoms with van der Waals surface area (Å²) in [5, 5.41) is 0.400. The van der Waals surface area contributed by atoms with E-state index in [1.165, 1.54) is 12.1 Å². The van der Waals surface area contributed by atoms with E-state index in [1.807, 2.05) is 11.9 Å². The van der Waals surface area contributed by atoms with E-state index in [2.05, 4.69) is 0 Å². The third-order valence-corrected chi connectivity index (χ3v) is 3.04. The van der Waals surface area contributed by atoms with E-state index in [0.29, 0.717) is 16.9 Å².